The van der Waals surface area contributed by atoms with Gasteiger partial charge in [0.2, 0.25) is 0 Å². The molecule has 0 bridgehead atoms. The normalized spacial score (nSPS) is 10.5. The fraction of sp³-hybridized carbons (Fsp3) is 0.0909. The summed E-state index contributed by atoms with van der Waals surface area (Å²) in [4.78, 5) is 2.63. The standard InChI is InChI=1S/C11H8BrClS2/c12-8-5-11(14-6-8)7-15-10-3-1-9(13)2-4-10/h1-6H,7H2. The maximum Gasteiger partial charge on any atom is 0.0406 e. The van der Waals surface area contributed by atoms with Crippen molar-refractivity contribution >= 4 is 50.6 Å². The van der Waals surface area contributed by atoms with Crippen LogP contribution in [0.5, 0.6) is 0 Å². The number of hydrogen-bond acceptors (Lipinski definition) is 2. The van der Waals surface area contributed by atoms with Crippen LogP contribution in [0.4, 0.5) is 0 Å². The second-order valence-corrected chi connectivity index (χ2v) is 6.37. The third kappa shape index (κ3) is 3.52. The quantitative estimate of drug-likeness (QED) is 0.677. The average molecular weight is 320 g/mol. The van der Waals surface area contributed by atoms with E-state index in [0.717, 1.165) is 10.8 Å². The van der Waals surface area contributed by atoms with Gasteiger partial charge in [0, 0.05) is 30.4 Å². The van der Waals surface area contributed by atoms with Crippen LogP contribution in [-0.4, -0.2) is 0 Å². The van der Waals surface area contributed by atoms with E-state index in [9.17, 15) is 0 Å². The van der Waals surface area contributed by atoms with Gasteiger partial charge in [-0.25, -0.2) is 0 Å². The van der Waals surface area contributed by atoms with Crippen molar-refractivity contribution in [2.45, 2.75) is 10.6 Å². The molecule has 0 fully saturated rings. The molecule has 15 heavy (non-hydrogen) atoms. The Morgan fingerprint density at radius 3 is 2.60 bits per heavy atom. The average Bonchev–Trinajstić information content (AvgIpc) is 2.64. The van der Waals surface area contributed by atoms with Gasteiger partial charge in [-0.3, -0.25) is 0 Å². The lowest BCUT2D eigenvalue weighted by Gasteiger charge is -1.99. The molecular formula is C11H8BrClS2. The molecule has 2 rings (SSSR count). The summed E-state index contributed by atoms with van der Waals surface area (Å²) in [5.41, 5.74) is 0. The predicted octanol–water partition coefficient (Wildman–Crippen LogP) is 5.46. The summed E-state index contributed by atoms with van der Waals surface area (Å²) < 4.78 is 1.17. The maximum atomic E-state index is 5.82. The van der Waals surface area contributed by atoms with Crippen LogP contribution in [0.25, 0.3) is 0 Å². The Morgan fingerprint density at radius 2 is 2.00 bits per heavy atom. The summed E-state index contributed by atoms with van der Waals surface area (Å²) in [5, 5.41) is 2.90. The van der Waals surface area contributed by atoms with E-state index in [1.165, 1.54) is 14.2 Å². The van der Waals surface area contributed by atoms with Crippen molar-refractivity contribution in [1.29, 1.82) is 0 Å². The predicted molar refractivity (Wildman–Crippen MR) is 73.0 cm³/mol. The van der Waals surface area contributed by atoms with Crippen LogP contribution >= 0.6 is 50.6 Å². The lowest BCUT2D eigenvalue weighted by Crippen LogP contribution is -1.74. The van der Waals surface area contributed by atoms with Crippen LogP contribution < -0.4 is 0 Å². The minimum atomic E-state index is 0.790. The molecule has 0 spiro atoms. The Bertz CT molecular complexity index is 436. The molecule has 0 atom stereocenters. The van der Waals surface area contributed by atoms with Crippen LogP contribution in [0.2, 0.25) is 5.02 Å². The number of benzene rings is 1. The first kappa shape index (κ1) is 11.5. The Kier molecular flexibility index (Phi) is 4.14. The molecule has 4 heteroatoms. The first-order chi connectivity index (χ1) is 7.24. The molecule has 0 saturated heterocycles. The van der Waals surface area contributed by atoms with Gasteiger partial charge in [0.15, 0.2) is 0 Å². The monoisotopic (exact) mass is 318 g/mol. The number of thiophene rings is 1. The molecule has 0 radical (unpaired) electrons. The number of thioether (sulfide) groups is 1. The first-order valence-electron chi connectivity index (χ1n) is 4.35. The van der Waals surface area contributed by atoms with Gasteiger partial charge in [-0.2, -0.15) is 0 Å². The van der Waals surface area contributed by atoms with Gasteiger partial charge in [0.05, 0.1) is 0 Å². The minimum absolute atomic E-state index is 0.790. The van der Waals surface area contributed by atoms with E-state index < -0.39 is 0 Å². The second kappa shape index (κ2) is 5.39. The summed E-state index contributed by atoms with van der Waals surface area (Å²) in [5.74, 6) is 1.01. The zero-order chi connectivity index (χ0) is 10.7. The SMILES string of the molecule is Clc1ccc(SCc2cc(Br)cs2)cc1. The Hall–Kier alpha value is 0.0400. The van der Waals surface area contributed by atoms with E-state index in [4.69, 9.17) is 11.6 Å². The summed E-state index contributed by atoms with van der Waals surface area (Å²) in [6.07, 6.45) is 0. The van der Waals surface area contributed by atoms with Gasteiger partial charge in [-0.15, -0.1) is 23.1 Å². The van der Waals surface area contributed by atoms with Crippen LogP contribution in [0.3, 0.4) is 0 Å². The molecule has 1 heterocycles. The van der Waals surface area contributed by atoms with Crippen molar-refractivity contribution in [2.24, 2.45) is 0 Å². The van der Waals surface area contributed by atoms with E-state index in [2.05, 4.69) is 39.5 Å². The topological polar surface area (TPSA) is 0 Å². The van der Waals surface area contributed by atoms with Crippen LogP contribution in [0.1, 0.15) is 4.88 Å². The first-order valence-corrected chi connectivity index (χ1v) is 7.39. The highest BCUT2D eigenvalue weighted by molar-refractivity contribution is 9.10. The summed E-state index contributed by atoms with van der Waals surface area (Å²) in [6.45, 7) is 0. The van der Waals surface area contributed by atoms with E-state index >= 15 is 0 Å². The fourth-order valence-corrected chi connectivity index (χ4v) is 3.65. The molecule has 0 aliphatic rings. The Balaban J connectivity index is 1.96. The van der Waals surface area contributed by atoms with Crippen molar-refractivity contribution in [2.75, 3.05) is 0 Å². The van der Waals surface area contributed by atoms with Crippen molar-refractivity contribution in [3.8, 4) is 0 Å². The summed E-state index contributed by atoms with van der Waals surface area (Å²) >= 11 is 12.9. The molecule has 2 aromatic rings. The Morgan fingerprint density at radius 1 is 1.27 bits per heavy atom. The van der Waals surface area contributed by atoms with E-state index in [-0.39, 0.29) is 0 Å². The number of hydrogen-bond donors (Lipinski definition) is 0. The highest BCUT2D eigenvalue weighted by Crippen LogP contribution is 2.28. The third-order valence-corrected chi connectivity index (χ3v) is 5.01. The second-order valence-electron chi connectivity index (χ2n) is 2.97. The molecule has 0 amide bonds. The number of rotatable bonds is 3. The molecular weight excluding hydrogens is 312 g/mol. The minimum Gasteiger partial charge on any atom is -0.147 e. The van der Waals surface area contributed by atoms with Gasteiger partial charge < -0.3 is 0 Å². The van der Waals surface area contributed by atoms with Crippen molar-refractivity contribution < 1.29 is 0 Å². The lowest BCUT2D eigenvalue weighted by molar-refractivity contribution is 1.43. The van der Waals surface area contributed by atoms with E-state index in [0.29, 0.717) is 0 Å². The van der Waals surface area contributed by atoms with Gasteiger partial charge in [-0.1, -0.05) is 11.6 Å². The molecule has 0 saturated carbocycles. The highest BCUT2D eigenvalue weighted by Gasteiger charge is 1.99. The fourth-order valence-electron chi connectivity index (χ4n) is 1.11. The molecule has 0 aliphatic carbocycles. The van der Waals surface area contributed by atoms with E-state index in [1.807, 2.05) is 23.9 Å². The van der Waals surface area contributed by atoms with Crippen molar-refractivity contribution in [3.05, 3.63) is 50.1 Å². The third-order valence-electron chi connectivity index (χ3n) is 1.82. The summed E-state index contributed by atoms with van der Waals surface area (Å²) in [7, 11) is 0. The highest BCUT2D eigenvalue weighted by atomic mass is 79.9. The van der Waals surface area contributed by atoms with Crippen molar-refractivity contribution in [1.82, 2.24) is 0 Å². The van der Waals surface area contributed by atoms with Crippen LogP contribution in [0.15, 0.2) is 45.1 Å². The van der Waals surface area contributed by atoms with Crippen LogP contribution in [-0.2, 0) is 5.75 Å². The molecule has 0 unspecified atom stereocenters. The molecule has 0 nitrogen and oxygen atoms in total. The van der Waals surface area contributed by atoms with Gasteiger partial charge >= 0.3 is 0 Å². The Labute approximate surface area is 111 Å². The number of halogens is 2. The van der Waals surface area contributed by atoms with Crippen LogP contribution in [0, 0.1) is 0 Å². The van der Waals surface area contributed by atoms with Gasteiger partial charge in [0.25, 0.3) is 0 Å². The largest absolute Gasteiger partial charge is 0.147 e. The zero-order valence-corrected chi connectivity index (χ0v) is 11.7. The molecule has 78 valence electrons. The maximum absolute atomic E-state index is 5.82. The molecule has 1 aromatic carbocycles. The molecule has 0 aliphatic heterocycles. The molecule has 1 aromatic heterocycles. The lowest BCUT2D eigenvalue weighted by atomic mass is 10.4. The van der Waals surface area contributed by atoms with Gasteiger partial charge in [0.1, 0.15) is 0 Å². The summed E-state index contributed by atoms with van der Waals surface area (Å²) in [6, 6.07) is 10.1. The zero-order valence-electron chi connectivity index (χ0n) is 7.74. The molecule has 0 N–H and O–H groups in total. The van der Waals surface area contributed by atoms with E-state index in [1.54, 1.807) is 11.3 Å². The van der Waals surface area contributed by atoms with Crippen molar-refractivity contribution in [3.63, 3.8) is 0 Å². The van der Waals surface area contributed by atoms with Gasteiger partial charge in [-0.05, 0) is 46.3 Å². The smallest absolute Gasteiger partial charge is 0.0406 e.